The fourth-order valence-corrected chi connectivity index (χ4v) is 11.0. The van der Waals surface area contributed by atoms with Crippen LogP contribution in [0.25, 0.3) is 0 Å². The number of rotatable bonds is 6. The van der Waals surface area contributed by atoms with E-state index in [1.165, 1.54) is 24.3 Å². The smallest absolute Gasteiger partial charge is 0.449 e. The van der Waals surface area contributed by atoms with Crippen molar-refractivity contribution in [1.29, 1.82) is 0 Å². The molecular weight excluding hydrogens is 786 g/mol. The Kier molecular flexibility index (Phi) is 9.34. The predicted molar refractivity (Wildman–Crippen MR) is 181 cm³/mol. The first-order chi connectivity index (χ1) is 27.3. The lowest BCUT2D eigenvalue weighted by molar-refractivity contribution is -0.558. The number of carbonyl (C=O) groups excluding carboxylic acids is 2. The molecule has 12 atom stereocenters. The first kappa shape index (κ1) is 40.0. The number of halogens is 6. The molecule has 2 saturated carbocycles. The molecule has 0 unspecified atom stereocenters. The zero-order valence-corrected chi connectivity index (χ0v) is 32.2. The summed E-state index contributed by atoms with van der Waals surface area (Å²) >= 11 is 0. The highest BCUT2D eigenvalue weighted by Gasteiger charge is 2.72. The van der Waals surface area contributed by atoms with Crippen LogP contribution in [-0.2, 0) is 48.0 Å². The average molecular weight is 831 g/mol. The molecule has 1 aromatic rings. The van der Waals surface area contributed by atoms with E-state index in [0.29, 0.717) is 38.5 Å². The summed E-state index contributed by atoms with van der Waals surface area (Å²) in [6.07, 6.45) is -9.08. The van der Waals surface area contributed by atoms with Crippen molar-refractivity contribution in [2.24, 2.45) is 35.5 Å². The maximum atomic E-state index is 14.6. The van der Waals surface area contributed by atoms with Crippen LogP contribution >= 0.6 is 0 Å². The quantitative estimate of drug-likeness (QED) is 0.156. The Bertz CT molecular complexity index is 1780. The van der Waals surface area contributed by atoms with Gasteiger partial charge in [-0.3, -0.25) is 0 Å². The number of hydrogen-bond donors (Lipinski definition) is 0. The summed E-state index contributed by atoms with van der Waals surface area (Å²) in [4.78, 5) is 49.8. The molecule has 2 spiro atoms. The van der Waals surface area contributed by atoms with E-state index >= 15 is 0 Å². The second-order valence-corrected chi connectivity index (χ2v) is 17.4. The van der Waals surface area contributed by atoms with Gasteiger partial charge in [0.2, 0.25) is 35.7 Å². The summed E-state index contributed by atoms with van der Waals surface area (Å²) in [7, 11) is 0. The van der Waals surface area contributed by atoms with E-state index in [1.807, 2.05) is 13.8 Å². The fourth-order valence-electron chi connectivity index (χ4n) is 11.0. The number of hydrogen-bond acceptors (Lipinski definition) is 12. The summed E-state index contributed by atoms with van der Waals surface area (Å²) in [5.41, 5.74) is -3.61. The molecule has 18 heteroatoms. The van der Waals surface area contributed by atoms with Gasteiger partial charge in [0, 0.05) is 47.7 Å². The number of benzene rings is 1. The number of esters is 2. The van der Waals surface area contributed by atoms with Gasteiger partial charge >= 0.3 is 24.3 Å². The third-order valence-electron chi connectivity index (χ3n) is 13.9. The molecule has 12 nitrogen and oxygen atoms in total. The van der Waals surface area contributed by atoms with Gasteiger partial charge in [-0.15, -0.1) is 0 Å². The number of fused-ring (bicyclic) bond motifs is 4. The van der Waals surface area contributed by atoms with Gasteiger partial charge in [0.1, 0.15) is 13.2 Å². The van der Waals surface area contributed by atoms with Gasteiger partial charge in [-0.1, -0.05) is 13.8 Å². The van der Waals surface area contributed by atoms with Crippen LogP contribution in [0, 0.1) is 35.5 Å². The molecule has 1 aromatic carbocycles. The van der Waals surface area contributed by atoms with E-state index in [1.54, 1.807) is 13.8 Å². The molecule has 0 N–H and O–H groups in total. The van der Waals surface area contributed by atoms with E-state index in [4.69, 9.17) is 48.0 Å². The van der Waals surface area contributed by atoms with Gasteiger partial charge in [0.15, 0.2) is 11.2 Å². The van der Waals surface area contributed by atoms with Gasteiger partial charge in [-0.2, -0.15) is 26.3 Å². The van der Waals surface area contributed by atoms with E-state index in [2.05, 4.69) is 0 Å². The Hall–Kier alpha value is -3.42. The van der Waals surface area contributed by atoms with Crippen molar-refractivity contribution in [3.8, 4) is 0 Å². The summed E-state index contributed by atoms with van der Waals surface area (Å²) in [5, 5.41) is 0. The Labute approximate surface area is 329 Å². The van der Waals surface area contributed by atoms with Gasteiger partial charge < -0.3 is 28.4 Å². The lowest BCUT2D eigenvalue weighted by Gasteiger charge is -2.57. The topological polar surface area (TPSA) is 126 Å². The third-order valence-corrected chi connectivity index (χ3v) is 13.9. The van der Waals surface area contributed by atoms with Crippen LogP contribution in [0.15, 0.2) is 46.9 Å². The molecular formula is C40H44F6O12. The van der Waals surface area contributed by atoms with Crippen molar-refractivity contribution < 1.29 is 83.9 Å². The lowest BCUT2D eigenvalue weighted by atomic mass is 9.59. The van der Waals surface area contributed by atoms with Crippen LogP contribution in [0.5, 0.6) is 0 Å². The Morgan fingerprint density at radius 3 is 1.36 bits per heavy atom. The minimum atomic E-state index is -4.94. The van der Waals surface area contributed by atoms with E-state index < -0.39 is 96.2 Å². The second kappa shape index (κ2) is 13.5. The monoisotopic (exact) mass is 830 g/mol. The lowest BCUT2D eigenvalue weighted by Crippen LogP contribution is -2.67. The zero-order valence-electron chi connectivity index (χ0n) is 32.2. The SMILES string of the molecule is C[C@@H]1CC[C@H]2C(COC(=O)c3ccc(C(=O)OCC4=C(C(F)(F)F)O[C@@H]5O[C@@]6(C)CC[C@H]7[C@H](C)CC[C@@H]4[C@@]57OO6)cc3)=C(C(F)(F)F)O[C@@H]3O[C@@]4(C)CC[C@@H]1[C@]32OO4. The molecule has 10 aliphatic rings. The largest absolute Gasteiger partial charge is 0.457 e. The minimum Gasteiger partial charge on any atom is -0.457 e. The number of ether oxygens (including phenoxy) is 6. The Balaban J connectivity index is 0.913. The molecule has 0 aromatic heterocycles. The molecule has 8 aliphatic heterocycles. The van der Waals surface area contributed by atoms with Crippen molar-refractivity contribution in [2.75, 3.05) is 13.2 Å². The van der Waals surface area contributed by atoms with E-state index in [-0.39, 0.29) is 58.8 Å². The highest BCUT2D eigenvalue weighted by atomic mass is 19.4. The van der Waals surface area contributed by atoms with Crippen molar-refractivity contribution in [3.63, 3.8) is 0 Å². The maximum Gasteiger partial charge on any atom is 0.449 e. The minimum absolute atomic E-state index is 0.0600. The van der Waals surface area contributed by atoms with Crippen molar-refractivity contribution in [3.05, 3.63) is 58.1 Å². The van der Waals surface area contributed by atoms with Crippen molar-refractivity contribution in [1.82, 2.24) is 0 Å². The molecule has 0 amide bonds. The van der Waals surface area contributed by atoms with Crippen LogP contribution in [0.1, 0.15) is 99.8 Å². The van der Waals surface area contributed by atoms with Gasteiger partial charge in [0.05, 0.1) is 11.1 Å². The Morgan fingerprint density at radius 2 is 1.00 bits per heavy atom. The van der Waals surface area contributed by atoms with E-state index in [0.717, 1.165) is 0 Å². The van der Waals surface area contributed by atoms with E-state index in [9.17, 15) is 35.9 Å². The van der Waals surface area contributed by atoms with Crippen LogP contribution in [-0.4, -0.2) is 72.9 Å². The standard InChI is InChI=1S/C40H44F6O12/c1-19-5-11-27-23(29(39(41,42)43)51-33-37(27)25(19)13-15-35(3,53-33)55-57-37)17-49-31(47)21-7-9-22(10-8-21)32(48)50-18-24-28-12-6-20(2)26-14-16-36(4)54-34(38(26,28)58-56-36)52-30(24)40(44,45)46/h7-10,19-20,25-28,33-34H,5-6,11-18H2,1-4H3/t19-,20-,25+,26+,27+,28+,33-,34-,35-,36-,37-,38-/m1/s1. The molecule has 2 aliphatic carbocycles. The first-order valence-corrected chi connectivity index (χ1v) is 19.8. The number of carbonyl (C=O) groups is 2. The van der Waals surface area contributed by atoms with Gasteiger partial charge in [-0.05, 0) is 88.5 Å². The molecule has 11 rings (SSSR count). The predicted octanol–water partition coefficient (Wildman–Crippen LogP) is 8.12. The number of alkyl halides is 6. The highest BCUT2D eigenvalue weighted by Crippen LogP contribution is 2.63. The molecule has 318 valence electrons. The van der Waals surface area contributed by atoms with Gasteiger partial charge in [-0.25, -0.2) is 29.1 Å². The molecule has 6 saturated heterocycles. The van der Waals surface area contributed by atoms with Crippen molar-refractivity contribution >= 4 is 11.9 Å². The van der Waals surface area contributed by atoms with Crippen LogP contribution in [0.2, 0.25) is 0 Å². The van der Waals surface area contributed by atoms with Crippen LogP contribution < -0.4 is 0 Å². The van der Waals surface area contributed by atoms with Crippen molar-refractivity contribution in [2.45, 2.75) is 127 Å². The number of allylic oxidation sites excluding steroid dienone is 2. The summed E-state index contributed by atoms with van der Waals surface area (Å²) in [6.45, 7) is 5.63. The van der Waals surface area contributed by atoms with Crippen LogP contribution in [0.4, 0.5) is 26.3 Å². The molecule has 58 heavy (non-hydrogen) atoms. The molecule has 0 radical (unpaired) electrons. The average Bonchev–Trinajstić information content (AvgIpc) is 3.55. The molecule has 4 bridgehead atoms. The third kappa shape index (κ3) is 6.17. The Morgan fingerprint density at radius 1 is 0.621 bits per heavy atom. The normalized spacial score (nSPS) is 41.7. The molecule has 8 heterocycles. The summed E-state index contributed by atoms with van der Waals surface area (Å²) in [5.74, 6) is -9.40. The first-order valence-electron chi connectivity index (χ1n) is 19.8. The second-order valence-electron chi connectivity index (χ2n) is 17.4. The summed E-state index contributed by atoms with van der Waals surface area (Å²) in [6, 6.07) is 4.81. The highest BCUT2D eigenvalue weighted by molar-refractivity contribution is 5.93. The summed E-state index contributed by atoms with van der Waals surface area (Å²) < 4.78 is 121. The maximum absolute atomic E-state index is 14.6. The van der Waals surface area contributed by atoms with Gasteiger partial charge in [0.25, 0.3) is 0 Å². The molecule has 8 fully saturated rings. The van der Waals surface area contributed by atoms with Crippen LogP contribution in [0.3, 0.4) is 0 Å². The zero-order chi connectivity index (χ0) is 41.2. The fraction of sp³-hybridized carbons (Fsp3) is 0.700.